The number of nitrogens with zero attached hydrogens (tertiary/aromatic N) is 2. The third-order valence-electron chi connectivity index (χ3n) is 8.26. The number of alkyl carbamates (subject to hydrolysis) is 1. The normalized spacial score (nSPS) is 22.1. The molecule has 3 aliphatic rings. The van der Waals surface area contributed by atoms with E-state index in [-0.39, 0.29) is 25.0 Å². The second-order valence-electron chi connectivity index (χ2n) is 10.6. The van der Waals surface area contributed by atoms with Crippen LogP contribution in [0.15, 0.2) is 78.9 Å². The van der Waals surface area contributed by atoms with Gasteiger partial charge in [0, 0.05) is 32.1 Å². The lowest BCUT2D eigenvalue weighted by Crippen LogP contribution is -2.67. The standard InChI is InChI=1S/C31H31N3O5/c35-28(36)27-14-16-34(27)29(37)31(15-17-33(20-31)18-21-8-2-1-3-9-21)32-30(38)39-19-26-24-12-6-4-10-22(24)23-11-5-7-13-25(23)26/h1-13,26-27H,14-20H2,(H,32,38)(H,35,36). The molecule has 0 bridgehead atoms. The van der Waals surface area contributed by atoms with Crippen molar-refractivity contribution in [1.29, 1.82) is 0 Å². The number of benzene rings is 3. The molecule has 1 aliphatic carbocycles. The van der Waals surface area contributed by atoms with Gasteiger partial charge >= 0.3 is 12.1 Å². The number of carbonyl (C=O) groups excluding carboxylic acids is 2. The predicted octanol–water partition coefficient (Wildman–Crippen LogP) is 3.86. The maximum atomic E-state index is 13.8. The molecule has 200 valence electrons. The molecule has 2 heterocycles. The van der Waals surface area contributed by atoms with Crippen LogP contribution in [0, 0.1) is 0 Å². The Kier molecular flexibility index (Phi) is 6.56. The maximum Gasteiger partial charge on any atom is 0.408 e. The van der Waals surface area contributed by atoms with Gasteiger partial charge in [-0.05, 0) is 40.7 Å². The van der Waals surface area contributed by atoms with Crippen LogP contribution in [0.1, 0.15) is 35.4 Å². The number of carboxylic acid groups (broad SMARTS) is 1. The van der Waals surface area contributed by atoms with Crippen LogP contribution in [0.3, 0.4) is 0 Å². The summed E-state index contributed by atoms with van der Waals surface area (Å²) in [7, 11) is 0. The van der Waals surface area contributed by atoms with Crippen LogP contribution in [0.25, 0.3) is 11.1 Å². The Morgan fingerprint density at radius 3 is 2.15 bits per heavy atom. The van der Waals surface area contributed by atoms with Crippen molar-refractivity contribution < 1.29 is 24.2 Å². The van der Waals surface area contributed by atoms with Crippen LogP contribution in [0.2, 0.25) is 0 Å². The first-order valence-corrected chi connectivity index (χ1v) is 13.4. The Balaban J connectivity index is 1.19. The van der Waals surface area contributed by atoms with Crippen molar-refractivity contribution in [3.05, 3.63) is 95.6 Å². The Morgan fingerprint density at radius 1 is 0.897 bits per heavy atom. The molecule has 6 rings (SSSR count). The van der Waals surface area contributed by atoms with Crippen molar-refractivity contribution >= 4 is 18.0 Å². The zero-order valence-electron chi connectivity index (χ0n) is 21.6. The molecule has 8 nitrogen and oxygen atoms in total. The predicted molar refractivity (Wildman–Crippen MR) is 145 cm³/mol. The summed E-state index contributed by atoms with van der Waals surface area (Å²) in [6.07, 6.45) is 0.126. The monoisotopic (exact) mass is 525 g/mol. The van der Waals surface area contributed by atoms with E-state index in [0.717, 1.165) is 27.8 Å². The minimum absolute atomic E-state index is 0.0975. The molecule has 2 fully saturated rings. The Morgan fingerprint density at radius 2 is 1.54 bits per heavy atom. The summed E-state index contributed by atoms with van der Waals surface area (Å²) in [5.74, 6) is -1.48. The zero-order valence-corrected chi connectivity index (χ0v) is 21.6. The summed E-state index contributed by atoms with van der Waals surface area (Å²) in [5, 5.41) is 12.5. The molecule has 39 heavy (non-hydrogen) atoms. The fraction of sp³-hybridized carbons (Fsp3) is 0.323. The fourth-order valence-electron chi connectivity index (χ4n) is 6.19. The molecule has 2 unspecified atom stereocenters. The number of carboxylic acids is 1. The molecule has 0 aromatic heterocycles. The number of rotatable bonds is 7. The molecule has 3 aromatic rings. The van der Waals surface area contributed by atoms with Gasteiger partial charge in [-0.15, -0.1) is 0 Å². The first-order chi connectivity index (χ1) is 18.9. The van der Waals surface area contributed by atoms with Gasteiger partial charge in [0.05, 0.1) is 0 Å². The average Bonchev–Trinajstić information content (AvgIpc) is 3.46. The Hall–Kier alpha value is -4.17. The number of amides is 2. The van der Waals surface area contributed by atoms with Gasteiger partial charge in [-0.1, -0.05) is 78.9 Å². The minimum Gasteiger partial charge on any atom is -0.480 e. The lowest BCUT2D eigenvalue weighted by atomic mass is 9.92. The van der Waals surface area contributed by atoms with E-state index in [0.29, 0.717) is 32.5 Å². The number of fused-ring (bicyclic) bond motifs is 3. The van der Waals surface area contributed by atoms with Crippen LogP contribution in [-0.4, -0.2) is 70.7 Å². The quantitative estimate of drug-likeness (QED) is 0.486. The van der Waals surface area contributed by atoms with Crippen LogP contribution in [0.4, 0.5) is 4.79 Å². The van der Waals surface area contributed by atoms with Gasteiger partial charge in [0.15, 0.2) is 0 Å². The van der Waals surface area contributed by atoms with Gasteiger partial charge in [0.25, 0.3) is 5.91 Å². The number of carbonyl (C=O) groups is 3. The third-order valence-corrected chi connectivity index (χ3v) is 8.26. The lowest BCUT2D eigenvalue weighted by Gasteiger charge is -2.43. The van der Waals surface area contributed by atoms with E-state index < -0.39 is 23.6 Å². The van der Waals surface area contributed by atoms with Crippen molar-refractivity contribution in [3.63, 3.8) is 0 Å². The van der Waals surface area contributed by atoms with E-state index in [2.05, 4.69) is 34.5 Å². The molecule has 2 aliphatic heterocycles. The Bertz CT molecular complexity index is 1360. The molecule has 0 saturated carbocycles. The summed E-state index contributed by atoms with van der Waals surface area (Å²) in [6.45, 7) is 2.01. The molecule has 2 atom stereocenters. The number of aliphatic carboxylic acids is 1. The molecule has 2 saturated heterocycles. The van der Waals surface area contributed by atoms with Gasteiger partial charge in [-0.25, -0.2) is 9.59 Å². The number of hydrogen-bond donors (Lipinski definition) is 2. The van der Waals surface area contributed by atoms with E-state index >= 15 is 0 Å². The Labute approximate surface area is 227 Å². The molecular formula is C31H31N3O5. The first-order valence-electron chi connectivity index (χ1n) is 13.4. The van der Waals surface area contributed by atoms with Gasteiger partial charge in [-0.3, -0.25) is 9.69 Å². The summed E-state index contributed by atoms with van der Waals surface area (Å²) in [5.41, 5.74) is 4.35. The maximum absolute atomic E-state index is 13.8. The van der Waals surface area contributed by atoms with Crippen molar-refractivity contribution in [2.24, 2.45) is 0 Å². The van der Waals surface area contributed by atoms with E-state index in [1.54, 1.807) is 0 Å². The highest BCUT2D eigenvalue weighted by Gasteiger charge is 2.52. The van der Waals surface area contributed by atoms with Crippen molar-refractivity contribution in [3.8, 4) is 11.1 Å². The summed E-state index contributed by atoms with van der Waals surface area (Å²) in [4.78, 5) is 42.2. The summed E-state index contributed by atoms with van der Waals surface area (Å²) >= 11 is 0. The van der Waals surface area contributed by atoms with Crippen LogP contribution >= 0.6 is 0 Å². The number of ether oxygens (including phenoxy) is 1. The van der Waals surface area contributed by atoms with Gasteiger partial charge in [0.1, 0.15) is 18.2 Å². The molecule has 2 N–H and O–H groups in total. The van der Waals surface area contributed by atoms with E-state index in [9.17, 15) is 19.5 Å². The smallest absolute Gasteiger partial charge is 0.408 e. The fourth-order valence-corrected chi connectivity index (χ4v) is 6.19. The summed E-state index contributed by atoms with van der Waals surface area (Å²) < 4.78 is 5.78. The second kappa shape index (κ2) is 10.2. The molecule has 2 amide bonds. The average molecular weight is 526 g/mol. The molecular weight excluding hydrogens is 494 g/mol. The SMILES string of the molecule is O=C(NC1(C(=O)N2CCC2C(=O)O)CCN(Cc2ccccc2)C1)OCC1c2ccccc2-c2ccccc21. The van der Waals surface area contributed by atoms with E-state index in [1.807, 2.05) is 54.6 Å². The highest BCUT2D eigenvalue weighted by molar-refractivity contribution is 5.94. The van der Waals surface area contributed by atoms with E-state index in [4.69, 9.17) is 4.74 Å². The van der Waals surface area contributed by atoms with Crippen molar-refractivity contribution in [1.82, 2.24) is 15.1 Å². The minimum atomic E-state index is -1.24. The first kappa shape index (κ1) is 25.1. The molecule has 3 aromatic carbocycles. The number of likely N-dealkylation sites (tertiary alicyclic amines) is 2. The highest BCUT2D eigenvalue weighted by Crippen LogP contribution is 2.44. The van der Waals surface area contributed by atoms with Crippen molar-refractivity contribution in [2.75, 3.05) is 26.2 Å². The van der Waals surface area contributed by atoms with Crippen LogP contribution in [0.5, 0.6) is 0 Å². The molecule has 0 radical (unpaired) electrons. The van der Waals surface area contributed by atoms with Crippen LogP contribution < -0.4 is 5.32 Å². The van der Waals surface area contributed by atoms with Gasteiger partial charge in [0.2, 0.25) is 0 Å². The largest absolute Gasteiger partial charge is 0.480 e. The highest BCUT2D eigenvalue weighted by atomic mass is 16.5. The van der Waals surface area contributed by atoms with Crippen LogP contribution in [-0.2, 0) is 20.9 Å². The number of hydrogen-bond acceptors (Lipinski definition) is 5. The third kappa shape index (κ3) is 4.65. The lowest BCUT2D eigenvalue weighted by molar-refractivity contribution is -0.160. The number of nitrogens with one attached hydrogen (secondary N) is 1. The second-order valence-corrected chi connectivity index (χ2v) is 10.6. The van der Waals surface area contributed by atoms with Gasteiger partial charge < -0.3 is 20.1 Å². The van der Waals surface area contributed by atoms with Gasteiger partial charge in [-0.2, -0.15) is 0 Å². The molecule has 8 heteroatoms. The summed E-state index contributed by atoms with van der Waals surface area (Å²) in [6, 6.07) is 25.3. The topological polar surface area (TPSA) is 99.2 Å². The zero-order chi connectivity index (χ0) is 27.0. The molecule has 0 spiro atoms. The van der Waals surface area contributed by atoms with Crippen molar-refractivity contribution in [2.45, 2.75) is 36.9 Å². The van der Waals surface area contributed by atoms with E-state index in [1.165, 1.54) is 4.90 Å².